The molecule has 1 aliphatic rings. The number of amides is 1. The lowest BCUT2D eigenvalue weighted by Gasteiger charge is -2.31. The van der Waals surface area contributed by atoms with Crippen LogP contribution in [-0.4, -0.2) is 53.8 Å². The second kappa shape index (κ2) is 7.77. The fourth-order valence-corrected chi connectivity index (χ4v) is 2.32. The van der Waals surface area contributed by atoms with Gasteiger partial charge < -0.3 is 14.7 Å². The zero-order chi connectivity index (χ0) is 15.1. The number of piperidine rings is 1. The smallest absolute Gasteiger partial charge is 0.255 e. The maximum absolute atomic E-state index is 12.4. The summed E-state index contributed by atoms with van der Waals surface area (Å²) in [6.07, 6.45) is 5.60. The predicted molar refractivity (Wildman–Crippen MR) is 78.8 cm³/mol. The van der Waals surface area contributed by atoms with Crippen LogP contribution in [0.25, 0.3) is 0 Å². The van der Waals surface area contributed by atoms with Crippen molar-refractivity contribution in [1.82, 2.24) is 9.88 Å². The molecule has 2 heterocycles. The number of aliphatic hydroxyl groups excluding tert-OH is 1. The minimum Gasteiger partial charge on any atom is -0.395 e. The van der Waals surface area contributed by atoms with Crippen molar-refractivity contribution in [3.05, 3.63) is 29.6 Å². The SMILES string of the molecule is COC1CCN(C(=O)c2cncc(C#CCCO)c2)CC1. The van der Waals surface area contributed by atoms with Gasteiger partial charge in [0.1, 0.15) is 0 Å². The molecule has 0 unspecified atom stereocenters. The highest BCUT2D eigenvalue weighted by Crippen LogP contribution is 2.15. The first-order valence-corrected chi connectivity index (χ1v) is 7.11. The van der Waals surface area contributed by atoms with Gasteiger partial charge in [0, 0.05) is 44.6 Å². The standard InChI is InChI=1S/C16H20N2O3/c1-21-15-5-7-18(8-6-15)16(20)14-10-13(11-17-12-14)4-2-3-9-19/h10-12,15,19H,3,5-9H2,1H3. The Morgan fingerprint density at radius 1 is 1.48 bits per heavy atom. The minimum atomic E-state index is -0.0112. The molecule has 1 N–H and O–H groups in total. The van der Waals surface area contributed by atoms with Crippen molar-refractivity contribution < 1.29 is 14.6 Å². The van der Waals surface area contributed by atoms with Crippen molar-refractivity contribution in [3.63, 3.8) is 0 Å². The van der Waals surface area contributed by atoms with Crippen LogP contribution in [0.1, 0.15) is 35.2 Å². The molecule has 0 radical (unpaired) electrons. The largest absolute Gasteiger partial charge is 0.395 e. The summed E-state index contributed by atoms with van der Waals surface area (Å²) in [7, 11) is 1.71. The fourth-order valence-electron chi connectivity index (χ4n) is 2.32. The molecule has 0 atom stereocenters. The summed E-state index contributed by atoms with van der Waals surface area (Å²) in [6, 6.07) is 1.75. The Morgan fingerprint density at radius 2 is 2.24 bits per heavy atom. The summed E-state index contributed by atoms with van der Waals surface area (Å²) >= 11 is 0. The van der Waals surface area contributed by atoms with Crippen molar-refractivity contribution in [2.24, 2.45) is 0 Å². The van der Waals surface area contributed by atoms with Crippen LogP contribution in [-0.2, 0) is 4.74 Å². The van der Waals surface area contributed by atoms with Gasteiger partial charge in [0.15, 0.2) is 0 Å². The quantitative estimate of drug-likeness (QED) is 0.845. The Balaban J connectivity index is 2.03. The molecule has 1 fully saturated rings. The third-order valence-corrected chi connectivity index (χ3v) is 3.52. The number of hydrogen-bond acceptors (Lipinski definition) is 4. The van der Waals surface area contributed by atoms with Crippen molar-refractivity contribution in [2.75, 3.05) is 26.8 Å². The lowest BCUT2D eigenvalue weighted by Crippen LogP contribution is -2.40. The van der Waals surface area contributed by atoms with E-state index in [0.717, 1.165) is 12.8 Å². The van der Waals surface area contributed by atoms with Gasteiger partial charge in [0.05, 0.1) is 18.3 Å². The molecule has 1 aromatic heterocycles. The van der Waals surface area contributed by atoms with E-state index in [9.17, 15) is 4.79 Å². The number of aromatic nitrogens is 1. The van der Waals surface area contributed by atoms with E-state index in [1.807, 2.05) is 4.90 Å². The number of nitrogens with zero attached hydrogens (tertiary/aromatic N) is 2. The molecule has 0 aliphatic carbocycles. The Kier molecular flexibility index (Phi) is 5.73. The molecule has 21 heavy (non-hydrogen) atoms. The maximum atomic E-state index is 12.4. The molecular weight excluding hydrogens is 268 g/mol. The van der Waals surface area contributed by atoms with Crippen molar-refractivity contribution >= 4 is 5.91 Å². The van der Waals surface area contributed by atoms with Crippen LogP contribution in [0.2, 0.25) is 0 Å². The molecular formula is C16H20N2O3. The van der Waals surface area contributed by atoms with Crippen molar-refractivity contribution in [1.29, 1.82) is 0 Å². The number of hydrogen-bond donors (Lipinski definition) is 1. The molecule has 5 nitrogen and oxygen atoms in total. The normalized spacial score (nSPS) is 15.4. The third-order valence-electron chi connectivity index (χ3n) is 3.52. The van der Waals surface area contributed by atoms with Crippen LogP contribution in [0.15, 0.2) is 18.5 Å². The number of methoxy groups -OCH3 is 1. The minimum absolute atomic E-state index is 0.0112. The zero-order valence-corrected chi connectivity index (χ0v) is 12.2. The van der Waals surface area contributed by atoms with Crippen LogP contribution < -0.4 is 0 Å². The van der Waals surface area contributed by atoms with Gasteiger partial charge in [-0.15, -0.1) is 0 Å². The highest BCUT2D eigenvalue weighted by Gasteiger charge is 2.23. The summed E-state index contributed by atoms with van der Waals surface area (Å²) in [5, 5.41) is 8.71. The third kappa shape index (κ3) is 4.28. The first-order valence-electron chi connectivity index (χ1n) is 7.11. The van der Waals surface area contributed by atoms with Gasteiger partial charge in [-0.3, -0.25) is 9.78 Å². The average Bonchev–Trinajstić information content (AvgIpc) is 2.55. The molecule has 1 amide bonds. The molecule has 2 rings (SSSR count). The molecule has 1 aromatic rings. The van der Waals surface area contributed by atoms with E-state index in [1.165, 1.54) is 0 Å². The summed E-state index contributed by atoms with van der Waals surface area (Å²) in [5.41, 5.74) is 1.25. The van der Waals surface area contributed by atoms with Crippen LogP contribution in [0.3, 0.4) is 0 Å². The Bertz CT molecular complexity index is 540. The Hall–Kier alpha value is -1.90. The summed E-state index contributed by atoms with van der Waals surface area (Å²) in [6.45, 7) is 1.45. The summed E-state index contributed by atoms with van der Waals surface area (Å²) in [4.78, 5) is 18.3. The van der Waals surface area contributed by atoms with Gasteiger partial charge in [-0.05, 0) is 18.9 Å². The number of carbonyl (C=O) groups is 1. The molecule has 0 bridgehead atoms. The highest BCUT2D eigenvalue weighted by atomic mass is 16.5. The molecule has 1 aliphatic heterocycles. The lowest BCUT2D eigenvalue weighted by molar-refractivity contribution is 0.0350. The molecule has 0 saturated carbocycles. The van der Waals surface area contributed by atoms with Crippen molar-refractivity contribution in [2.45, 2.75) is 25.4 Å². The first kappa shape index (κ1) is 15.5. The average molecular weight is 288 g/mol. The Labute approximate surface area is 124 Å². The van der Waals surface area contributed by atoms with E-state index >= 15 is 0 Å². The van der Waals surface area contributed by atoms with Gasteiger partial charge >= 0.3 is 0 Å². The van der Waals surface area contributed by atoms with E-state index in [2.05, 4.69) is 16.8 Å². The van der Waals surface area contributed by atoms with Crippen LogP contribution in [0.5, 0.6) is 0 Å². The van der Waals surface area contributed by atoms with Gasteiger partial charge in [-0.1, -0.05) is 11.8 Å². The first-order chi connectivity index (χ1) is 10.2. The number of aliphatic hydroxyl groups is 1. The second-order valence-corrected chi connectivity index (χ2v) is 4.96. The molecule has 0 spiro atoms. The number of ether oxygens (including phenoxy) is 1. The summed E-state index contributed by atoms with van der Waals surface area (Å²) in [5.74, 6) is 5.71. The van der Waals surface area contributed by atoms with Gasteiger partial charge in [0.25, 0.3) is 5.91 Å². The number of pyridine rings is 1. The fraction of sp³-hybridized carbons (Fsp3) is 0.500. The zero-order valence-electron chi connectivity index (χ0n) is 12.2. The van der Waals surface area contributed by atoms with E-state index in [-0.39, 0.29) is 18.6 Å². The van der Waals surface area contributed by atoms with Crippen molar-refractivity contribution in [3.8, 4) is 11.8 Å². The van der Waals surface area contributed by atoms with Crippen LogP contribution in [0.4, 0.5) is 0 Å². The van der Waals surface area contributed by atoms with E-state index in [4.69, 9.17) is 9.84 Å². The highest BCUT2D eigenvalue weighted by molar-refractivity contribution is 5.94. The molecule has 1 saturated heterocycles. The van der Waals surface area contributed by atoms with Crippen LogP contribution in [0, 0.1) is 11.8 Å². The predicted octanol–water partition coefficient (Wildman–Crippen LogP) is 1.07. The lowest BCUT2D eigenvalue weighted by atomic mass is 10.1. The van der Waals surface area contributed by atoms with E-state index < -0.39 is 0 Å². The Morgan fingerprint density at radius 3 is 2.90 bits per heavy atom. The number of rotatable bonds is 3. The summed E-state index contributed by atoms with van der Waals surface area (Å²) < 4.78 is 5.31. The topological polar surface area (TPSA) is 62.7 Å². The number of carbonyl (C=O) groups excluding carboxylic acids is 1. The number of likely N-dealkylation sites (tertiary alicyclic amines) is 1. The molecule has 112 valence electrons. The molecule has 0 aromatic carbocycles. The monoisotopic (exact) mass is 288 g/mol. The van der Waals surface area contributed by atoms with Gasteiger partial charge in [-0.25, -0.2) is 0 Å². The van der Waals surface area contributed by atoms with E-state index in [1.54, 1.807) is 25.6 Å². The van der Waals surface area contributed by atoms with Gasteiger partial charge in [0.2, 0.25) is 0 Å². The van der Waals surface area contributed by atoms with Gasteiger partial charge in [-0.2, -0.15) is 0 Å². The molecule has 5 heteroatoms. The van der Waals surface area contributed by atoms with Crippen LogP contribution >= 0.6 is 0 Å². The van der Waals surface area contributed by atoms with E-state index in [0.29, 0.717) is 30.6 Å². The maximum Gasteiger partial charge on any atom is 0.255 e. The second-order valence-electron chi connectivity index (χ2n) is 4.96.